The van der Waals surface area contributed by atoms with E-state index in [0.29, 0.717) is 28.1 Å². The number of carbonyl (C=O) groups excluding carboxylic acids is 1. The van der Waals surface area contributed by atoms with Crippen molar-refractivity contribution in [3.05, 3.63) is 110 Å². The average molecular weight is 549 g/mol. The highest BCUT2D eigenvalue weighted by molar-refractivity contribution is 7.07. The van der Waals surface area contributed by atoms with Crippen LogP contribution in [-0.4, -0.2) is 35.0 Å². The molecule has 10 nitrogen and oxygen atoms in total. The van der Waals surface area contributed by atoms with Gasteiger partial charge in [-0.15, -0.1) is 16.4 Å². The zero-order chi connectivity index (χ0) is 27.8. The third kappa shape index (κ3) is 4.41. The molecule has 0 bridgehead atoms. The first-order chi connectivity index (χ1) is 19.4. The maximum absolute atomic E-state index is 14.1. The lowest BCUT2D eigenvalue weighted by atomic mass is 10.1. The molecule has 4 heterocycles. The van der Waals surface area contributed by atoms with Crippen LogP contribution in [0.4, 0.5) is 5.82 Å². The Balaban J connectivity index is 1.47. The Morgan fingerprint density at radius 1 is 1.07 bits per heavy atom. The third-order valence-corrected chi connectivity index (χ3v) is 7.16. The number of hydrogen-bond acceptors (Lipinski definition) is 8. The number of rotatable bonds is 6. The Kier molecular flexibility index (Phi) is 6.40. The zero-order valence-corrected chi connectivity index (χ0v) is 22.5. The highest BCUT2D eigenvalue weighted by atomic mass is 32.1. The number of hydrogen-bond donors (Lipinski definition) is 2. The van der Waals surface area contributed by atoms with Crippen molar-refractivity contribution in [2.75, 3.05) is 5.73 Å². The van der Waals surface area contributed by atoms with Gasteiger partial charge in [0.2, 0.25) is 0 Å². The minimum absolute atomic E-state index is 0.0648. The molecule has 4 aromatic heterocycles. The summed E-state index contributed by atoms with van der Waals surface area (Å²) in [6, 6.07) is 15.9. The van der Waals surface area contributed by atoms with Gasteiger partial charge in [0.1, 0.15) is 11.4 Å². The van der Waals surface area contributed by atoms with Crippen molar-refractivity contribution < 1.29 is 4.79 Å². The summed E-state index contributed by atoms with van der Waals surface area (Å²) in [5.74, 6) is -0.0289. The van der Waals surface area contributed by atoms with Crippen LogP contribution in [-0.2, 0) is 0 Å². The number of carbonyl (C=O) groups is 1. The van der Waals surface area contributed by atoms with Crippen molar-refractivity contribution >= 4 is 51.8 Å². The standard InChI is InChI=1S/C29H24N8O2S/c1-17-13-14-31-27-24(25(30)35-37(17)27)28(38)33-18(2)26-34-22-10-6-7-19(11-12-20-15-40-16-32-20)23(22)29(39)36(26)21-8-4-3-5-9-21/h3-16,18H,1-2H3,(H2,30,35)(H,33,38)/b12-11+/t18-/m1/s1. The van der Waals surface area contributed by atoms with Crippen LogP contribution in [0.25, 0.3) is 34.4 Å². The second-order valence-electron chi connectivity index (χ2n) is 9.21. The molecule has 11 heteroatoms. The molecule has 0 aliphatic carbocycles. The van der Waals surface area contributed by atoms with Crippen LogP contribution >= 0.6 is 11.3 Å². The van der Waals surface area contributed by atoms with E-state index in [0.717, 1.165) is 17.0 Å². The Labute approximate surface area is 232 Å². The molecule has 0 fully saturated rings. The van der Waals surface area contributed by atoms with Gasteiger partial charge >= 0.3 is 0 Å². The van der Waals surface area contributed by atoms with E-state index in [1.165, 1.54) is 20.4 Å². The van der Waals surface area contributed by atoms with E-state index in [1.807, 2.05) is 66.9 Å². The first-order valence-electron chi connectivity index (χ1n) is 12.5. The SMILES string of the molecule is Cc1ccnc2c(C(=O)N[C@H](C)c3nc4cccc(/C=C/c5cscn5)c4c(=O)n3-c3ccccc3)c(N)nn12. The summed E-state index contributed by atoms with van der Waals surface area (Å²) in [7, 11) is 0. The molecule has 1 amide bonds. The molecule has 40 heavy (non-hydrogen) atoms. The molecule has 0 unspecified atom stereocenters. The largest absolute Gasteiger partial charge is 0.381 e. The summed E-state index contributed by atoms with van der Waals surface area (Å²) in [5, 5.41) is 9.62. The van der Waals surface area contributed by atoms with Crippen LogP contribution in [0.1, 0.15) is 46.1 Å². The van der Waals surface area contributed by atoms with Gasteiger partial charge in [-0.2, -0.15) is 0 Å². The van der Waals surface area contributed by atoms with Crippen molar-refractivity contribution in [2.45, 2.75) is 19.9 Å². The van der Waals surface area contributed by atoms with Gasteiger partial charge in [0.25, 0.3) is 11.5 Å². The maximum Gasteiger partial charge on any atom is 0.266 e. The number of fused-ring (bicyclic) bond motifs is 2. The first kappa shape index (κ1) is 25.1. The molecule has 3 N–H and O–H groups in total. The number of aromatic nitrogens is 6. The number of nitrogens with one attached hydrogen (secondary N) is 1. The molecule has 0 radical (unpaired) electrons. The number of nitrogen functional groups attached to an aromatic ring is 1. The molecule has 1 atom stereocenters. The van der Waals surface area contributed by atoms with E-state index in [4.69, 9.17) is 10.7 Å². The fourth-order valence-corrected chi connectivity index (χ4v) is 5.16. The number of thiazole rings is 1. The van der Waals surface area contributed by atoms with Gasteiger partial charge in [0, 0.05) is 17.3 Å². The summed E-state index contributed by atoms with van der Waals surface area (Å²) in [6.07, 6.45) is 5.33. The summed E-state index contributed by atoms with van der Waals surface area (Å²) >= 11 is 1.50. The van der Waals surface area contributed by atoms with Gasteiger partial charge in [-0.1, -0.05) is 36.4 Å². The van der Waals surface area contributed by atoms with Crippen molar-refractivity contribution in [2.24, 2.45) is 0 Å². The van der Waals surface area contributed by atoms with Gasteiger partial charge in [-0.3, -0.25) is 14.2 Å². The van der Waals surface area contributed by atoms with E-state index in [2.05, 4.69) is 20.4 Å². The first-order valence-corrected chi connectivity index (χ1v) is 13.4. The fourth-order valence-electron chi connectivity index (χ4n) is 4.64. The number of amides is 1. The minimum atomic E-state index is -0.668. The zero-order valence-electron chi connectivity index (χ0n) is 21.6. The van der Waals surface area contributed by atoms with Gasteiger partial charge < -0.3 is 11.1 Å². The number of nitrogens with two attached hydrogens (primary N) is 1. The molecule has 0 aliphatic rings. The second kappa shape index (κ2) is 10.2. The van der Waals surface area contributed by atoms with E-state index >= 15 is 0 Å². The summed E-state index contributed by atoms with van der Waals surface area (Å²) in [5.41, 5.74) is 11.6. The lowest BCUT2D eigenvalue weighted by Gasteiger charge is -2.20. The van der Waals surface area contributed by atoms with Crippen LogP contribution in [0.5, 0.6) is 0 Å². The van der Waals surface area contributed by atoms with Crippen LogP contribution in [0, 0.1) is 6.92 Å². The molecule has 0 aliphatic heterocycles. The number of aryl methyl sites for hydroxylation is 1. The van der Waals surface area contributed by atoms with Crippen molar-refractivity contribution in [1.82, 2.24) is 34.4 Å². The average Bonchev–Trinajstić information content (AvgIpc) is 3.60. The van der Waals surface area contributed by atoms with Crippen LogP contribution in [0.15, 0.2) is 76.5 Å². The highest BCUT2D eigenvalue weighted by Gasteiger charge is 2.25. The normalized spacial score (nSPS) is 12.3. The van der Waals surface area contributed by atoms with E-state index in [9.17, 15) is 9.59 Å². The molecular weight excluding hydrogens is 524 g/mol. The predicted molar refractivity (Wildman–Crippen MR) is 156 cm³/mol. The van der Waals surface area contributed by atoms with E-state index < -0.39 is 11.9 Å². The van der Waals surface area contributed by atoms with Crippen molar-refractivity contribution in [3.63, 3.8) is 0 Å². The van der Waals surface area contributed by atoms with Gasteiger partial charge in [-0.25, -0.2) is 19.5 Å². The van der Waals surface area contributed by atoms with Gasteiger partial charge in [0.05, 0.1) is 33.8 Å². The molecule has 0 saturated carbocycles. The Morgan fingerprint density at radius 3 is 2.67 bits per heavy atom. The van der Waals surface area contributed by atoms with Crippen molar-refractivity contribution in [1.29, 1.82) is 0 Å². The maximum atomic E-state index is 14.1. The van der Waals surface area contributed by atoms with E-state index in [1.54, 1.807) is 30.8 Å². The van der Waals surface area contributed by atoms with Gasteiger partial charge in [-0.05, 0) is 49.8 Å². The Hall–Kier alpha value is -5.16. The molecule has 6 aromatic rings. The molecule has 0 spiro atoms. The molecular formula is C29H24N8O2S. The summed E-state index contributed by atoms with van der Waals surface area (Å²) < 4.78 is 3.07. The summed E-state index contributed by atoms with van der Waals surface area (Å²) in [6.45, 7) is 3.63. The molecule has 198 valence electrons. The smallest absolute Gasteiger partial charge is 0.266 e. The number of nitrogens with zero attached hydrogens (tertiary/aromatic N) is 6. The monoisotopic (exact) mass is 548 g/mol. The summed E-state index contributed by atoms with van der Waals surface area (Å²) in [4.78, 5) is 41.1. The highest BCUT2D eigenvalue weighted by Crippen LogP contribution is 2.23. The molecule has 6 rings (SSSR count). The fraction of sp³-hybridized carbons (Fsp3) is 0.103. The van der Waals surface area contributed by atoms with E-state index in [-0.39, 0.29) is 16.9 Å². The minimum Gasteiger partial charge on any atom is -0.381 e. The predicted octanol–water partition coefficient (Wildman–Crippen LogP) is 4.44. The Bertz CT molecular complexity index is 1960. The lowest BCUT2D eigenvalue weighted by Crippen LogP contribution is -2.33. The Morgan fingerprint density at radius 2 is 1.90 bits per heavy atom. The van der Waals surface area contributed by atoms with Gasteiger partial charge in [0.15, 0.2) is 11.5 Å². The van der Waals surface area contributed by atoms with Crippen molar-refractivity contribution in [3.8, 4) is 5.69 Å². The molecule has 0 saturated heterocycles. The third-order valence-electron chi connectivity index (χ3n) is 6.55. The quantitative estimate of drug-likeness (QED) is 0.314. The molecule has 2 aromatic carbocycles. The number of benzene rings is 2. The second-order valence-corrected chi connectivity index (χ2v) is 9.93. The van der Waals surface area contributed by atoms with Crippen LogP contribution in [0.3, 0.4) is 0 Å². The topological polar surface area (TPSA) is 133 Å². The number of anilines is 1. The number of para-hydroxylation sites is 1. The van der Waals surface area contributed by atoms with Crippen LogP contribution in [0.2, 0.25) is 0 Å². The lowest BCUT2D eigenvalue weighted by molar-refractivity contribution is 0.0940. The van der Waals surface area contributed by atoms with Crippen LogP contribution < -0.4 is 16.6 Å².